The molecule has 10 nitrogen and oxygen atoms in total. The Bertz CT molecular complexity index is 918. The molecule has 0 saturated carbocycles. The number of amides is 1. The van der Waals surface area contributed by atoms with Crippen LogP contribution in [-0.2, 0) is 9.59 Å². The molecule has 0 spiro atoms. The fourth-order valence-electron chi connectivity index (χ4n) is 2.62. The second kappa shape index (κ2) is 12.4. The van der Waals surface area contributed by atoms with Crippen molar-refractivity contribution in [3.63, 3.8) is 0 Å². The van der Waals surface area contributed by atoms with Crippen molar-refractivity contribution in [1.82, 2.24) is 10.3 Å². The number of likely N-dealkylation sites (N-methyl/N-ethyl adjacent to an activating group) is 1. The molecular formula is C21H29N7O3. The van der Waals surface area contributed by atoms with Crippen LogP contribution in [0.5, 0.6) is 5.75 Å². The Morgan fingerprint density at radius 1 is 1.13 bits per heavy atom. The molecule has 1 heterocycles. The SMILES string of the molecule is CNCC(=O)Nc1ccc(/N=N/c2ccccc2OC(=O)[C@@H](C)CCCCN)c(N)n1. The molecule has 0 aliphatic heterocycles. The number of para-hydroxylation sites is 1. The molecule has 1 atom stereocenters. The van der Waals surface area contributed by atoms with Crippen molar-refractivity contribution in [2.24, 2.45) is 21.9 Å². The van der Waals surface area contributed by atoms with Crippen LogP contribution in [0.15, 0.2) is 46.6 Å². The highest BCUT2D eigenvalue weighted by atomic mass is 16.5. The Hall–Kier alpha value is -3.37. The van der Waals surface area contributed by atoms with E-state index in [2.05, 4.69) is 25.8 Å². The van der Waals surface area contributed by atoms with Crippen molar-refractivity contribution >= 4 is 34.9 Å². The minimum absolute atomic E-state index is 0.106. The topological polar surface area (TPSA) is 157 Å². The highest BCUT2D eigenvalue weighted by Crippen LogP contribution is 2.31. The summed E-state index contributed by atoms with van der Waals surface area (Å²) in [4.78, 5) is 28.1. The third-order valence-electron chi connectivity index (χ3n) is 4.34. The Balaban J connectivity index is 2.08. The number of pyridine rings is 1. The molecule has 10 heteroatoms. The van der Waals surface area contributed by atoms with E-state index in [0.29, 0.717) is 35.9 Å². The normalized spacial score (nSPS) is 12.0. The molecule has 0 radical (unpaired) electrons. The molecule has 0 aliphatic rings. The summed E-state index contributed by atoms with van der Waals surface area (Å²) in [5.41, 5.74) is 12.1. The molecule has 0 aliphatic carbocycles. The quantitative estimate of drug-likeness (QED) is 0.186. The first-order valence-corrected chi connectivity index (χ1v) is 10.1. The molecule has 0 unspecified atom stereocenters. The van der Waals surface area contributed by atoms with Gasteiger partial charge in [0.2, 0.25) is 5.91 Å². The van der Waals surface area contributed by atoms with Crippen LogP contribution in [0.3, 0.4) is 0 Å². The number of ether oxygens (including phenoxy) is 1. The van der Waals surface area contributed by atoms with Crippen LogP contribution < -0.4 is 26.8 Å². The van der Waals surface area contributed by atoms with Crippen molar-refractivity contribution in [1.29, 1.82) is 0 Å². The fourth-order valence-corrected chi connectivity index (χ4v) is 2.62. The number of hydrogen-bond donors (Lipinski definition) is 4. The average Bonchev–Trinajstić information content (AvgIpc) is 2.74. The first kappa shape index (κ1) is 23.9. The molecule has 1 aromatic heterocycles. The summed E-state index contributed by atoms with van der Waals surface area (Å²) in [5.74, 6) is -0.0885. The first-order valence-electron chi connectivity index (χ1n) is 10.1. The molecule has 0 fully saturated rings. The summed E-state index contributed by atoms with van der Waals surface area (Å²) in [5, 5.41) is 13.6. The number of nitrogens with two attached hydrogens (primary N) is 2. The van der Waals surface area contributed by atoms with Gasteiger partial charge in [0.25, 0.3) is 0 Å². The zero-order valence-corrected chi connectivity index (χ0v) is 17.8. The summed E-state index contributed by atoms with van der Waals surface area (Å²) in [6.45, 7) is 2.59. The van der Waals surface area contributed by atoms with Gasteiger partial charge in [-0.05, 0) is 50.7 Å². The molecule has 0 bridgehead atoms. The second-order valence-corrected chi connectivity index (χ2v) is 6.95. The highest BCUT2D eigenvalue weighted by Gasteiger charge is 2.16. The predicted octanol–water partition coefficient (Wildman–Crippen LogP) is 2.91. The predicted molar refractivity (Wildman–Crippen MR) is 120 cm³/mol. The summed E-state index contributed by atoms with van der Waals surface area (Å²) < 4.78 is 5.52. The maximum atomic E-state index is 12.4. The maximum Gasteiger partial charge on any atom is 0.314 e. The Morgan fingerprint density at radius 3 is 2.58 bits per heavy atom. The molecule has 1 aromatic carbocycles. The smallest absolute Gasteiger partial charge is 0.314 e. The number of carbonyl (C=O) groups excluding carboxylic acids is 2. The van der Waals surface area contributed by atoms with Crippen molar-refractivity contribution < 1.29 is 14.3 Å². The zero-order chi connectivity index (χ0) is 22.6. The monoisotopic (exact) mass is 427 g/mol. The van der Waals surface area contributed by atoms with Gasteiger partial charge < -0.3 is 26.8 Å². The van der Waals surface area contributed by atoms with E-state index in [4.69, 9.17) is 16.2 Å². The van der Waals surface area contributed by atoms with Crippen LogP contribution in [0.4, 0.5) is 23.0 Å². The minimum atomic E-state index is -0.331. The van der Waals surface area contributed by atoms with Crippen molar-refractivity contribution in [2.45, 2.75) is 26.2 Å². The molecule has 2 aromatic rings. The van der Waals surface area contributed by atoms with E-state index in [0.717, 1.165) is 12.8 Å². The van der Waals surface area contributed by atoms with Gasteiger partial charge in [-0.3, -0.25) is 9.59 Å². The van der Waals surface area contributed by atoms with Gasteiger partial charge >= 0.3 is 5.97 Å². The van der Waals surface area contributed by atoms with Crippen molar-refractivity contribution in [3.8, 4) is 5.75 Å². The second-order valence-electron chi connectivity index (χ2n) is 6.95. The maximum absolute atomic E-state index is 12.4. The molecule has 166 valence electrons. The van der Waals surface area contributed by atoms with E-state index in [1.54, 1.807) is 43.4 Å². The third kappa shape index (κ3) is 7.76. The van der Waals surface area contributed by atoms with Crippen LogP contribution in [0.2, 0.25) is 0 Å². The lowest BCUT2D eigenvalue weighted by Crippen LogP contribution is -2.25. The molecule has 2 rings (SSSR count). The van der Waals surface area contributed by atoms with E-state index in [9.17, 15) is 9.59 Å². The van der Waals surface area contributed by atoms with Crippen LogP contribution in [-0.4, -0.2) is 37.0 Å². The number of nitrogens with zero attached hydrogens (tertiary/aromatic N) is 3. The van der Waals surface area contributed by atoms with Crippen LogP contribution in [0, 0.1) is 5.92 Å². The van der Waals surface area contributed by atoms with Gasteiger partial charge in [0.15, 0.2) is 11.6 Å². The molecule has 1 amide bonds. The molecule has 6 N–H and O–H groups in total. The minimum Gasteiger partial charge on any atom is -0.424 e. The zero-order valence-electron chi connectivity index (χ0n) is 17.8. The third-order valence-corrected chi connectivity index (χ3v) is 4.34. The summed E-state index contributed by atoms with van der Waals surface area (Å²) in [6.07, 6.45) is 2.45. The van der Waals surface area contributed by atoms with Gasteiger partial charge in [-0.25, -0.2) is 4.98 Å². The summed E-state index contributed by atoms with van der Waals surface area (Å²) in [7, 11) is 1.67. The lowest BCUT2D eigenvalue weighted by atomic mass is 10.0. The number of carbonyl (C=O) groups is 2. The number of hydrogen-bond acceptors (Lipinski definition) is 9. The first-order chi connectivity index (χ1) is 14.9. The number of esters is 1. The number of rotatable bonds is 11. The Morgan fingerprint density at radius 2 is 1.87 bits per heavy atom. The van der Waals surface area contributed by atoms with Gasteiger partial charge in [-0.15, -0.1) is 10.2 Å². The standard InChI is InChI=1S/C21H29N7O3/c1-14(7-5-6-12-22)21(30)31-17-9-4-3-8-15(17)27-28-16-10-11-18(26-20(16)23)25-19(29)13-24-2/h3-4,8-11,14,24H,5-7,12-13,22H2,1-2H3,(H3,23,25,26,29)/b28-27+/t14-/m0/s1. The van der Waals surface area contributed by atoms with Crippen LogP contribution >= 0.6 is 0 Å². The Labute approximate surface area is 181 Å². The number of benzene rings is 1. The fraction of sp³-hybridized carbons (Fsp3) is 0.381. The van der Waals surface area contributed by atoms with E-state index < -0.39 is 0 Å². The Kier molecular flexibility index (Phi) is 9.53. The summed E-state index contributed by atoms with van der Waals surface area (Å²) >= 11 is 0. The van der Waals surface area contributed by atoms with Gasteiger partial charge in [0.1, 0.15) is 17.2 Å². The molecule has 0 saturated heterocycles. The number of azo groups is 1. The largest absolute Gasteiger partial charge is 0.424 e. The number of unbranched alkanes of at least 4 members (excludes halogenated alkanes) is 1. The average molecular weight is 428 g/mol. The van der Waals surface area contributed by atoms with Gasteiger partial charge in [-0.2, -0.15) is 0 Å². The van der Waals surface area contributed by atoms with E-state index >= 15 is 0 Å². The van der Waals surface area contributed by atoms with E-state index in [1.165, 1.54) is 0 Å². The van der Waals surface area contributed by atoms with Gasteiger partial charge in [0.05, 0.1) is 12.5 Å². The van der Waals surface area contributed by atoms with Gasteiger partial charge in [-0.1, -0.05) is 25.5 Å². The van der Waals surface area contributed by atoms with E-state index in [1.807, 2.05) is 6.92 Å². The lowest BCUT2D eigenvalue weighted by molar-refractivity contribution is -0.138. The van der Waals surface area contributed by atoms with Crippen LogP contribution in [0.25, 0.3) is 0 Å². The number of nitrogens with one attached hydrogen (secondary N) is 2. The molecule has 31 heavy (non-hydrogen) atoms. The van der Waals surface area contributed by atoms with E-state index in [-0.39, 0.29) is 30.2 Å². The molecular weight excluding hydrogens is 398 g/mol. The number of anilines is 2. The van der Waals surface area contributed by atoms with Crippen LogP contribution in [0.1, 0.15) is 26.2 Å². The van der Waals surface area contributed by atoms with Crippen molar-refractivity contribution in [2.75, 3.05) is 31.2 Å². The number of aromatic nitrogens is 1. The van der Waals surface area contributed by atoms with Crippen molar-refractivity contribution in [3.05, 3.63) is 36.4 Å². The highest BCUT2D eigenvalue weighted by molar-refractivity contribution is 5.91. The number of nitrogen functional groups attached to an aromatic ring is 1. The lowest BCUT2D eigenvalue weighted by Gasteiger charge is -2.12. The summed E-state index contributed by atoms with van der Waals surface area (Å²) in [6, 6.07) is 10.0. The van der Waals surface area contributed by atoms with Gasteiger partial charge in [0, 0.05) is 0 Å².